The van der Waals surface area contributed by atoms with E-state index in [4.69, 9.17) is 0 Å². The summed E-state index contributed by atoms with van der Waals surface area (Å²) in [5.41, 5.74) is 1.89. The van der Waals surface area contributed by atoms with Crippen LogP contribution in [-0.2, 0) is 4.79 Å². The van der Waals surface area contributed by atoms with Gasteiger partial charge in [-0.25, -0.2) is 4.98 Å². The number of anilines is 1. The standard InChI is InChI=1S/C15H15BrN2O/c1-11(12-5-3-2-4-6-12)9-15(19)18-13-7-8-14(16)17-10-13/h2-8,10-11H,9H2,1H3,(H,18,19). The number of hydrogen-bond acceptors (Lipinski definition) is 2. The third-order valence-electron chi connectivity index (χ3n) is 2.87. The summed E-state index contributed by atoms with van der Waals surface area (Å²) in [5, 5.41) is 2.85. The molecule has 0 aliphatic rings. The van der Waals surface area contributed by atoms with E-state index in [0.717, 1.165) is 4.60 Å². The van der Waals surface area contributed by atoms with Crippen molar-refractivity contribution in [1.29, 1.82) is 0 Å². The number of rotatable bonds is 4. The third-order valence-corrected chi connectivity index (χ3v) is 3.34. The van der Waals surface area contributed by atoms with Crippen molar-refractivity contribution in [3.63, 3.8) is 0 Å². The van der Waals surface area contributed by atoms with Crippen LogP contribution in [0.1, 0.15) is 24.8 Å². The molecule has 0 spiro atoms. The number of nitrogens with zero attached hydrogens (tertiary/aromatic N) is 1. The van der Waals surface area contributed by atoms with Crippen LogP contribution in [0.2, 0.25) is 0 Å². The number of pyridine rings is 1. The van der Waals surface area contributed by atoms with E-state index in [0.29, 0.717) is 12.1 Å². The van der Waals surface area contributed by atoms with Gasteiger partial charge in [-0.3, -0.25) is 4.79 Å². The fourth-order valence-electron chi connectivity index (χ4n) is 1.84. The lowest BCUT2D eigenvalue weighted by molar-refractivity contribution is -0.116. The second kappa shape index (κ2) is 6.48. The molecular weight excluding hydrogens is 304 g/mol. The zero-order valence-corrected chi connectivity index (χ0v) is 12.2. The van der Waals surface area contributed by atoms with E-state index in [1.165, 1.54) is 5.56 Å². The van der Waals surface area contributed by atoms with E-state index in [1.807, 2.05) is 36.4 Å². The van der Waals surface area contributed by atoms with Gasteiger partial charge in [0.15, 0.2) is 0 Å². The summed E-state index contributed by atoms with van der Waals surface area (Å²) in [6.07, 6.45) is 2.09. The number of benzene rings is 1. The topological polar surface area (TPSA) is 42.0 Å². The van der Waals surface area contributed by atoms with Crippen molar-refractivity contribution in [2.75, 3.05) is 5.32 Å². The molecule has 0 saturated heterocycles. The van der Waals surface area contributed by atoms with Crippen LogP contribution in [0.5, 0.6) is 0 Å². The Kier molecular flexibility index (Phi) is 4.68. The van der Waals surface area contributed by atoms with Crippen LogP contribution in [0, 0.1) is 0 Å². The van der Waals surface area contributed by atoms with E-state index >= 15 is 0 Å². The highest BCUT2D eigenvalue weighted by Gasteiger charge is 2.11. The van der Waals surface area contributed by atoms with Crippen LogP contribution in [0.3, 0.4) is 0 Å². The van der Waals surface area contributed by atoms with Crippen LogP contribution < -0.4 is 5.32 Å². The molecule has 1 atom stereocenters. The molecule has 19 heavy (non-hydrogen) atoms. The van der Waals surface area contributed by atoms with E-state index in [9.17, 15) is 4.79 Å². The largest absolute Gasteiger partial charge is 0.325 e. The summed E-state index contributed by atoms with van der Waals surface area (Å²) in [6, 6.07) is 13.7. The number of amides is 1. The quantitative estimate of drug-likeness (QED) is 0.866. The minimum absolute atomic E-state index is 0.000440. The zero-order chi connectivity index (χ0) is 13.7. The number of aromatic nitrogens is 1. The number of nitrogens with one attached hydrogen (secondary N) is 1. The summed E-state index contributed by atoms with van der Waals surface area (Å²) in [6.45, 7) is 2.05. The second-order valence-electron chi connectivity index (χ2n) is 4.43. The predicted octanol–water partition coefficient (Wildman–Crippen LogP) is 3.98. The van der Waals surface area contributed by atoms with Gasteiger partial charge in [0.2, 0.25) is 5.91 Å². The number of carbonyl (C=O) groups excluding carboxylic acids is 1. The van der Waals surface area contributed by atoms with Gasteiger partial charge in [-0.05, 0) is 39.5 Å². The monoisotopic (exact) mass is 318 g/mol. The van der Waals surface area contributed by atoms with Crippen LogP contribution in [0.4, 0.5) is 5.69 Å². The molecule has 0 radical (unpaired) electrons. The van der Waals surface area contributed by atoms with Gasteiger partial charge in [-0.2, -0.15) is 0 Å². The minimum Gasteiger partial charge on any atom is -0.325 e. The number of hydrogen-bond donors (Lipinski definition) is 1. The molecule has 4 heteroatoms. The molecule has 0 aliphatic heterocycles. The Hall–Kier alpha value is -1.68. The Morgan fingerprint density at radius 3 is 2.63 bits per heavy atom. The summed E-state index contributed by atoms with van der Waals surface area (Å²) < 4.78 is 0.753. The van der Waals surface area contributed by atoms with Crippen molar-refractivity contribution in [1.82, 2.24) is 4.98 Å². The van der Waals surface area contributed by atoms with Crippen LogP contribution in [-0.4, -0.2) is 10.9 Å². The van der Waals surface area contributed by atoms with Crippen molar-refractivity contribution in [2.45, 2.75) is 19.3 Å². The normalized spacial score (nSPS) is 11.9. The summed E-state index contributed by atoms with van der Waals surface area (Å²) in [7, 11) is 0. The molecule has 98 valence electrons. The Labute approximate surface area is 121 Å². The van der Waals surface area contributed by atoms with Crippen LogP contribution >= 0.6 is 15.9 Å². The number of halogens is 1. The highest BCUT2D eigenvalue weighted by molar-refractivity contribution is 9.10. The zero-order valence-electron chi connectivity index (χ0n) is 10.6. The van der Waals surface area contributed by atoms with Gasteiger partial charge in [-0.15, -0.1) is 0 Å². The fraction of sp³-hybridized carbons (Fsp3) is 0.200. The Morgan fingerprint density at radius 2 is 2.00 bits per heavy atom. The maximum Gasteiger partial charge on any atom is 0.225 e. The van der Waals surface area contributed by atoms with Gasteiger partial charge in [-0.1, -0.05) is 37.3 Å². The molecule has 1 unspecified atom stereocenters. The van der Waals surface area contributed by atoms with Gasteiger partial charge in [0.25, 0.3) is 0 Å². The van der Waals surface area contributed by atoms with E-state index in [-0.39, 0.29) is 11.8 Å². The second-order valence-corrected chi connectivity index (χ2v) is 5.25. The Balaban J connectivity index is 1.93. The van der Waals surface area contributed by atoms with Crippen LogP contribution in [0.15, 0.2) is 53.3 Å². The van der Waals surface area contributed by atoms with Crippen molar-refractivity contribution in [2.24, 2.45) is 0 Å². The molecule has 1 amide bonds. The lowest BCUT2D eigenvalue weighted by Crippen LogP contribution is -2.14. The lowest BCUT2D eigenvalue weighted by Gasteiger charge is -2.11. The Morgan fingerprint density at radius 1 is 1.26 bits per heavy atom. The molecule has 1 heterocycles. The first-order valence-electron chi connectivity index (χ1n) is 6.11. The molecule has 3 nitrogen and oxygen atoms in total. The lowest BCUT2D eigenvalue weighted by atomic mass is 9.97. The number of carbonyl (C=O) groups is 1. The summed E-state index contributed by atoms with van der Waals surface area (Å²) >= 11 is 3.26. The molecule has 0 fully saturated rings. The van der Waals surface area contributed by atoms with Crippen molar-refractivity contribution in [3.05, 3.63) is 58.8 Å². The van der Waals surface area contributed by atoms with Crippen molar-refractivity contribution >= 4 is 27.5 Å². The molecule has 0 saturated carbocycles. The first-order valence-corrected chi connectivity index (χ1v) is 6.91. The van der Waals surface area contributed by atoms with E-state index < -0.39 is 0 Å². The summed E-state index contributed by atoms with van der Waals surface area (Å²) in [5.74, 6) is 0.199. The fourth-order valence-corrected chi connectivity index (χ4v) is 2.07. The highest BCUT2D eigenvalue weighted by Crippen LogP contribution is 2.19. The Bertz CT molecular complexity index is 540. The smallest absolute Gasteiger partial charge is 0.225 e. The van der Waals surface area contributed by atoms with Gasteiger partial charge in [0.1, 0.15) is 4.60 Å². The van der Waals surface area contributed by atoms with Gasteiger partial charge >= 0.3 is 0 Å². The first-order chi connectivity index (χ1) is 9.15. The molecule has 0 bridgehead atoms. The summed E-state index contributed by atoms with van der Waals surface area (Å²) in [4.78, 5) is 16.0. The first kappa shape index (κ1) is 13.7. The molecular formula is C15H15BrN2O. The average Bonchev–Trinajstić information content (AvgIpc) is 2.42. The van der Waals surface area contributed by atoms with Crippen molar-refractivity contribution < 1.29 is 4.79 Å². The van der Waals surface area contributed by atoms with Crippen molar-refractivity contribution in [3.8, 4) is 0 Å². The molecule has 1 aromatic heterocycles. The van der Waals surface area contributed by atoms with Gasteiger partial charge < -0.3 is 5.32 Å². The van der Waals surface area contributed by atoms with Gasteiger partial charge in [0, 0.05) is 6.42 Å². The molecule has 0 aliphatic carbocycles. The van der Waals surface area contributed by atoms with Crippen LogP contribution in [0.25, 0.3) is 0 Å². The SMILES string of the molecule is CC(CC(=O)Nc1ccc(Br)nc1)c1ccccc1. The van der Waals surface area contributed by atoms with E-state index in [1.54, 1.807) is 12.3 Å². The third kappa shape index (κ3) is 4.17. The molecule has 1 aromatic carbocycles. The van der Waals surface area contributed by atoms with Gasteiger partial charge in [0.05, 0.1) is 11.9 Å². The molecule has 2 rings (SSSR count). The average molecular weight is 319 g/mol. The predicted molar refractivity (Wildman–Crippen MR) is 80.0 cm³/mol. The molecule has 1 N–H and O–H groups in total. The minimum atomic E-state index is 0.000440. The van der Waals surface area contributed by atoms with E-state index in [2.05, 4.69) is 33.2 Å². The maximum atomic E-state index is 11.9. The highest BCUT2D eigenvalue weighted by atomic mass is 79.9. The molecule has 2 aromatic rings. The maximum absolute atomic E-state index is 11.9.